The van der Waals surface area contributed by atoms with Gasteiger partial charge in [-0.2, -0.15) is 13.2 Å². The van der Waals surface area contributed by atoms with Gasteiger partial charge in [-0.25, -0.2) is 0 Å². The number of carbonyl (C=O) groups excluding carboxylic acids is 4. The number of esters is 1. The van der Waals surface area contributed by atoms with E-state index in [0.29, 0.717) is 32.0 Å². The van der Waals surface area contributed by atoms with E-state index in [9.17, 15) is 32.3 Å². The number of morpholine rings is 1. The Hall–Kier alpha value is -3.15. The third-order valence-electron chi connectivity index (χ3n) is 5.31. The smallest absolute Gasteiger partial charge is 0.416 e. The maximum Gasteiger partial charge on any atom is 0.416 e. The molecule has 1 atom stereocenters. The molecule has 180 valence electrons. The van der Waals surface area contributed by atoms with E-state index in [1.54, 1.807) is 4.90 Å². The fourth-order valence-corrected chi connectivity index (χ4v) is 3.51. The van der Waals surface area contributed by atoms with E-state index in [1.807, 2.05) is 0 Å². The van der Waals surface area contributed by atoms with Crippen LogP contribution in [0, 0.1) is 0 Å². The van der Waals surface area contributed by atoms with Gasteiger partial charge in [-0.05, 0) is 25.1 Å². The fourth-order valence-electron chi connectivity index (χ4n) is 3.51. The average molecular weight is 471 g/mol. The Balaban J connectivity index is 1.65. The molecular formula is C21H24F3N3O6. The topological polar surface area (TPSA) is 105 Å². The first-order valence-corrected chi connectivity index (χ1v) is 10.4. The van der Waals surface area contributed by atoms with Crippen molar-refractivity contribution < 1.29 is 41.8 Å². The van der Waals surface area contributed by atoms with Gasteiger partial charge in [0, 0.05) is 32.5 Å². The summed E-state index contributed by atoms with van der Waals surface area (Å²) in [4.78, 5) is 50.6. The molecule has 12 heteroatoms. The third kappa shape index (κ3) is 6.21. The molecule has 9 nitrogen and oxygen atoms in total. The van der Waals surface area contributed by atoms with Crippen LogP contribution in [0.4, 0.5) is 24.5 Å². The van der Waals surface area contributed by atoms with E-state index >= 15 is 0 Å². The minimum absolute atomic E-state index is 0.0621. The number of nitrogens with zero attached hydrogens (tertiary/aromatic N) is 2. The Morgan fingerprint density at radius 3 is 2.39 bits per heavy atom. The lowest BCUT2D eigenvalue weighted by Gasteiger charge is -2.31. The van der Waals surface area contributed by atoms with Gasteiger partial charge in [-0.15, -0.1) is 0 Å². The van der Waals surface area contributed by atoms with Crippen LogP contribution in [-0.2, 0) is 34.8 Å². The molecular weight excluding hydrogens is 447 g/mol. The van der Waals surface area contributed by atoms with Gasteiger partial charge in [0.05, 0.1) is 36.6 Å². The monoisotopic (exact) mass is 471 g/mol. The Labute approximate surface area is 187 Å². The number of rotatable bonds is 7. The van der Waals surface area contributed by atoms with Gasteiger partial charge in [0.2, 0.25) is 11.8 Å². The zero-order valence-electron chi connectivity index (χ0n) is 17.9. The first-order chi connectivity index (χ1) is 15.6. The lowest BCUT2D eigenvalue weighted by molar-refractivity contribution is -0.154. The van der Waals surface area contributed by atoms with Crippen LogP contribution < -0.4 is 10.2 Å². The highest BCUT2D eigenvalue weighted by atomic mass is 19.4. The predicted molar refractivity (Wildman–Crippen MR) is 109 cm³/mol. The molecule has 0 radical (unpaired) electrons. The van der Waals surface area contributed by atoms with Crippen LogP contribution in [-0.4, -0.2) is 67.5 Å². The minimum Gasteiger partial charge on any atom is -0.452 e. The second kappa shape index (κ2) is 10.2. The van der Waals surface area contributed by atoms with Gasteiger partial charge in [0.1, 0.15) is 0 Å². The number of amides is 3. The van der Waals surface area contributed by atoms with Crippen LogP contribution in [0.3, 0.4) is 0 Å². The number of nitrogens with one attached hydrogen (secondary N) is 1. The molecule has 33 heavy (non-hydrogen) atoms. The zero-order valence-corrected chi connectivity index (χ0v) is 17.9. The molecule has 2 heterocycles. The van der Waals surface area contributed by atoms with Crippen molar-refractivity contribution in [2.24, 2.45) is 0 Å². The number of alkyl halides is 3. The number of anilines is 2. The summed E-state index contributed by atoms with van der Waals surface area (Å²) in [5, 5.41) is 2.42. The van der Waals surface area contributed by atoms with Crippen molar-refractivity contribution >= 4 is 35.1 Å². The molecule has 2 fully saturated rings. The summed E-state index contributed by atoms with van der Waals surface area (Å²) < 4.78 is 49.9. The molecule has 0 saturated carbocycles. The molecule has 0 spiro atoms. The number of hydrogen-bond acceptors (Lipinski definition) is 7. The van der Waals surface area contributed by atoms with Crippen molar-refractivity contribution in [3.8, 4) is 0 Å². The van der Waals surface area contributed by atoms with Crippen molar-refractivity contribution in [3.63, 3.8) is 0 Å². The second-order valence-corrected chi connectivity index (χ2v) is 7.64. The molecule has 3 amide bonds. The summed E-state index contributed by atoms with van der Waals surface area (Å²) >= 11 is 0. The normalized spacial score (nSPS) is 17.8. The van der Waals surface area contributed by atoms with Crippen LogP contribution in [0.15, 0.2) is 18.2 Å². The molecule has 1 aromatic carbocycles. The van der Waals surface area contributed by atoms with E-state index in [1.165, 1.54) is 13.0 Å². The highest BCUT2D eigenvalue weighted by Gasteiger charge is 2.33. The van der Waals surface area contributed by atoms with Gasteiger partial charge < -0.3 is 19.7 Å². The van der Waals surface area contributed by atoms with Crippen LogP contribution in [0.5, 0.6) is 0 Å². The van der Waals surface area contributed by atoms with Crippen molar-refractivity contribution in [1.29, 1.82) is 0 Å². The quantitative estimate of drug-likeness (QED) is 0.479. The van der Waals surface area contributed by atoms with Gasteiger partial charge in [-0.3, -0.25) is 24.1 Å². The van der Waals surface area contributed by atoms with Crippen LogP contribution >= 0.6 is 0 Å². The van der Waals surface area contributed by atoms with E-state index in [4.69, 9.17) is 9.47 Å². The second-order valence-electron chi connectivity index (χ2n) is 7.64. The third-order valence-corrected chi connectivity index (χ3v) is 5.31. The summed E-state index contributed by atoms with van der Waals surface area (Å²) in [6.45, 7) is 2.79. The molecule has 2 saturated heterocycles. The van der Waals surface area contributed by atoms with E-state index in [2.05, 4.69) is 5.32 Å². The molecule has 0 aliphatic carbocycles. The van der Waals surface area contributed by atoms with E-state index in [-0.39, 0.29) is 43.3 Å². The summed E-state index contributed by atoms with van der Waals surface area (Å²) in [7, 11) is 0. The van der Waals surface area contributed by atoms with Crippen molar-refractivity contribution in [3.05, 3.63) is 23.8 Å². The van der Waals surface area contributed by atoms with Crippen LogP contribution in [0.25, 0.3) is 0 Å². The lowest BCUT2D eigenvalue weighted by Crippen LogP contribution is -2.37. The van der Waals surface area contributed by atoms with Gasteiger partial charge in [-0.1, -0.05) is 0 Å². The lowest BCUT2D eigenvalue weighted by atomic mass is 10.1. The number of halogens is 3. The minimum atomic E-state index is -4.61. The molecule has 0 bridgehead atoms. The zero-order chi connectivity index (χ0) is 24.2. The predicted octanol–water partition coefficient (Wildman–Crippen LogP) is 1.95. The van der Waals surface area contributed by atoms with E-state index < -0.39 is 29.7 Å². The Morgan fingerprint density at radius 1 is 1.15 bits per heavy atom. The number of hydrogen-bond donors (Lipinski definition) is 1. The van der Waals surface area contributed by atoms with Crippen molar-refractivity contribution in [2.45, 2.75) is 38.5 Å². The first-order valence-electron chi connectivity index (χ1n) is 10.4. The standard InChI is InChI=1S/C21H24F3N3O6/c1-13(33-19(30)6-7-27-17(28)4-5-18(27)29)20(31)25-15-12-14(21(22,23)24)2-3-16(15)26-8-10-32-11-9-26/h2-3,12-13H,4-11H2,1H3,(H,25,31)/t13-/m0/s1. The van der Waals surface area contributed by atoms with Gasteiger partial charge in [0.25, 0.3) is 5.91 Å². The molecule has 0 unspecified atom stereocenters. The number of benzene rings is 1. The Kier molecular flexibility index (Phi) is 7.57. The summed E-state index contributed by atoms with van der Waals surface area (Å²) in [5.74, 6) is -2.38. The maximum atomic E-state index is 13.2. The van der Waals surface area contributed by atoms with Crippen LogP contribution in [0.1, 0.15) is 31.7 Å². The largest absolute Gasteiger partial charge is 0.452 e. The Bertz CT molecular complexity index is 914. The first kappa shape index (κ1) is 24.5. The molecule has 1 aromatic rings. The summed E-state index contributed by atoms with van der Waals surface area (Å²) in [6.07, 6.45) is -6.03. The SMILES string of the molecule is C[C@H](OC(=O)CCN1C(=O)CCC1=O)C(=O)Nc1cc(C(F)(F)F)ccc1N1CCOCC1. The number of imide groups is 1. The molecule has 2 aliphatic heterocycles. The molecule has 0 aromatic heterocycles. The van der Waals surface area contributed by atoms with Crippen molar-refractivity contribution in [2.75, 3.05) is 43.1 Å². The molecule has 3 rings (SSSR count). The number of ether oxygens (including phenoxy) is 2. The molecule has 1 N–H and O–H groups in total. The van der Waals surface area contributed by atoms with E-state index in [0.717, 1.165) is 17.0 Å². The van der Waals surface area contributed by atoms with Gasteiger partial charge >= 0.3 is 12.1 Å². The highest BCUT2D eigenvalue weighted by Crippen LogP contribution is 2.36. The number of carbonyl (C=O) groups is 4. The Morgan fingerprint density at radius 2 is 1.79 bits per heavy atom. The molecule has 2 aliphatic rings. The van der Waals surface area contributed by atoms with Crippen LogP contribution in [0.2, 0.25) is 0 Å². The summed E-state index contributed by atoms with van der Waals surface area (Å²) in [6, 6.07) is 3.05. The number of likely N-dealkylation sites (tertiary alicyclic amines) is 1. The maximum absolute atomic E-state index is 13.2. The average Bonchev–Trinajstić information content (AvgIpc) is 3.09. The van der Waals surface area contributed by atoms with Gasteiger partial charge in [0.15, 0.2) is 6.10 Å². The van der Waals surface area contributed by atoms with Crippen molar-refractivity contribution in [1.82, 2.24) is 4.90 Å². The highest BCUT2D eigenvalue weighted by molar-refractivity contribution is 6.02. The fraction of sp³-hybridized carbons (Fsp3) is 0.524. The summed E-state index contributed by atoms with van der Waals surface area (Å²) in [5.41, 5.74) is -0.600.